The summed E-state index contributed by atoms with van der Waals surface area (Å²) in [4.78, 5) is 0. The molecular weight excluding hydrogens is 272 g/mol. The van der Waals surface area contributed by atoms with E-state index in [9.17, 15) is 0 Å². The molecule has 0 saturated carbocycles. The first kappa shape index (κ1) is 20.6. The first-order valence-electron chi connectivity index (χ1n) is 7.95. The minimum absolute atomic E-state index is 0. The highest BCUT2D eigenvalue weighted by Gasteiger charge is 2.34. The molecule has 0 spiro atoms. The predicted octanol–water partition coefficient (Wildman–Crippen LogP) is 6.66. The van der Waals surface area contributed by atoms with Crippen molar-refractivity contribution >= 4 is 13.5 Å². The normalized spacial score (nSPS) is 14.5. The molecule has 1 rings (SSSR count). The van der Waals surface area contributed by atoms with Gasteiger partial charge in [-0.2, -0.15) is 13.5 Å². The molecular formula is C20H36S. The molecule has 0 radical (unpaired) electrons. The Labute approximate surface area is 140 Å². The van der Waals surface area contributed by atoms with E-state index in [2.05, 4.69) is 86.6 Å². The van der Waals surface area contributed by atoms with Crippen LogP contribution in [-0.4, -0.2) is 0 Å². The van der Waals surface area contributed by atoms with Gasteiger partial charge < -0.3 is 0 Å². The SMILES string of the molecule is CC(CC(C)(C)C)c1ccc(C(C)(C)C(C)(C)C)cc1.S. The Morgan fingerprint density at radius 2 is 1.24 bits per heavy atom. The molecule has 0 fully saturated rings. The van der Waals surface area contributed by atoms with E-state index in [1.807, 2.05) is 0 Å². The molecule has 0 nitrogen and oxygen atoms in total. The first-order valence-corrected chi connectivity index (χ1v) is 7.95. The van der Waals surface area contributed by atoms with Crippen molar-refractivity contribution in [3.63, 3.8) is 0 Å². The Balaban J connectivity index is 0.00000400. The molecule has 1 aromatic rings. The van der Waals surface area contributed by atoms with Crippen molar-refractivity contribution in [2.75, 3.05) is 0 Å². The van der Waals surface area contributed by atoms with Crippen molar-refractivity contribution in [3.8, 4) is 0 Å². The zero-order valence-electron chi connectivity index (χ0n) is 15.6. The predicted molar refractivity (Wildman–Crippen MR) is 102 cm³/mol. The lowest BCUT2D eigenvalue weighted by Gasteiger charge is -2.39. The van der Waals surface area contributed by atoms with Gasteiger partial charge in [-0.25, -0.2) is 0 Å². The fraction of sp³-hybridized carbons (Fsp3) is 0.700. The van der Waals surface area contributed by atoms with Crippen LogP contribution in [0.1, 0.15) is 85.8 Å². The van der Waals surface area contributed by atoms with Gasteiger partial charge >= 0.3 is 0 Å². The van der Waals surface area contributed by atoms with Crippen LogP contribution in [0.15, 0.2) is 24.3 Å². The summed E-state index contributed by atoms with van der Waals surface area (Å²) in [6.07, 6.45) is 1.23. The van der Waals surface area contributed by atoms with Gasteiger partial charge in [-0.05, 0) is 39.7 Å². The first-order chi connectivity index (χ1) is 8.84. The maximum Gasteiger partial charge on any atom is -0.00551 e. The Morgan fingerprint density at radius 1 is 0.810 bits per heavy atom. The summed E-state index contributed by atoms with van der Waals surface area (Å²) in [6.45, 7) is 21.0. The number of rotatable bonds is 3. The molecule has 0 saturated heterocycles. The number of benzene rings is 1. The smallest absolute Gasteiger partial charge is 0.00551 e. The topological polar surface area (TPSA) is 0 Å². The van der Waals surface area contributed by atoms with E-state index in [1.54, 1.807) is 0 Å². The van der Waals surface area contributed by atoms with Crippen LogP contribution in [-0.2, 0) is 5.41 Å². The molecule has 0 N–H and O–H groups in total. The molecule has 0 aromatic heterocycles. The summed E-state index contributed by atoms with van der Waals surface area (Å²) in [5.41, 5.74) is 3.76. The van der Waals surface area contributed by atoms with Crippen LogP contribution in [0.25, 0.3) is 0 Å². The van der Waals surface area contributed by atoms with Gasteiger partial charge in [0.2, 0.25) is 0 Å². The van der Waals surface area contributed by atoms with Gasteiger partial charge in [0, 0.05) is 0 Å². The van der Waals surface area contributed by atoms with Gasteiger partial charge in [0.25, 0.3) is 0 Å². The number of hydrogen-bond donors (Lipinski definition) is 0. The van der Waals surface area contributed by atoms with Crippen molar-refractivity contribution < 1.29 is 0 Å². The quantitative estimate of drug-likeness (QED) is 0.585. The third-order valence-corrected chi connectivity index (χ3v) is 4.99. The van der Waals surface area contributed by atoms with Gasteiger partial charge in [-0.15, -0.1) is 0 Å². The van der Waals surface area contributed by atoms with Crippen LogP contribution in [0.2, 0.25) is 0 Å². The molecule has 0 aliphatic carbocycles. The van der Waals surface area contributed by atoms with Crippen LogP contribution < -0.4 is 0 Å². The monoisotopic (exact) mass is 308 g/mol. The van der Waals surface area contributed by atoms with Crippen molar-refractivity contribution in [1.82, 2.24) is 0 Å². The summed E-state index contributed by atoms with van der Waals surface area (Å²) in [6, 6.07) is 9.33. The highest BCUT2D eigenvalue weighted by Crippen LogP contribution is 2.41. The lowest BCUT2D eigenvalue weighted by molar-refractivity contribution is 0.225. The van der Waals surface area contributed by atoms with Crippen LogP contribution >= 0.6 is 13.5 Å². The zero-order chi connectivity index (χ0) is 15.8. The summed E-state index contributed by atoms with van der Waals surface area (Å²) in [5, 5.41) is 0. The summed E-state index contributed by atoms with van der Waals surface area (Å²) in [5.74, 6) is 0.627. The number of hydrogen-bond acceptors (Lipinski definition) is 0. The molecule has 0 aliphatic heterocycles. The highest BCUT2D eigenvalue weighted by molar-refractivity contribution is 7.59. The average Bonchev–Trinajstić information content (AvgIpc) is 2.25. The highest BCUT2D eigenvalue weighted by atomic mass is 32.1. The fourth-order valence-corrected chi connectivity index (χ4v) is 2.70. The Morgan fingerprint density at radius 3 is 1.57 bits per heavy atom. The molecule has 1 unspecified atom stereocenters. The minimum atomic E-state index is 0. The fourth-order valence-electron chi connectivity index (χ4n) is 2.70. The molecule has 1 atom stereocenters. The van der Waals surface area contributed by atoms with Gasteiger partial charge in [-0.1, -0.05) is 86.6 Å². The lowest BCUT2D eigenvalue weighted by Crippen LogP contribution is -2.33. The minimum Gasteiger partial charge on any atom is -0.197 e. The van der Waals surface area contributed by atoms with Gasteiger partial charge in [0.1, 0.15) is 0 Å². The molecule has 1 aromatic carbocycles. The van der Waals surface area contributed by atoms with Crippen molar-refractivity contribution in [3.05, 3.63) is 35.4 Å². The molecule has 21 heavy (non-hydrogen) atoms. The molecule has 122 valence electrons. The van der Waals surface area contributed by atoms with Crippen molar-refractivity contribution in [1.29, 1.82) is 0 Å². The maximum absolute atomic E-state index is 2.35. The second-order valence-electron chi connectivity index (χ2n) is 9.16. The summed E-state index contributed by atoms with van der Waals surface area (Å²) in [7, 11) is 0. The van der Waals surface area contributed by atoms with Gasteiger partial charge in [0.15, 0.2) is 0 Å². The van der Waals surface area contributed by atoms with Crippen LogP contribution in [0.4, 0.5) is 0 Å². The Hall–Kier alpha value is -0.430. The van der Waals surface area contributed by atoms with Crippen LogP contribution in [0.5, 0.6) is 0 Å². The van der Waals surface area contributed by atoms with E-state index >= 15 is 0 Å². The van der Waals surface area contributed by atoms with E-state index in [1.165, 1.54) is 17.5 Å². The summed E-state index contributed by atoms with van der Waals surface area (Å²) >= 11 is 0. The molecule has 0 heterocycles. The summed E-state index contributed by atoms with van der Waals surface area (Å²) < 4.78 is 0. The lowest BCUT2D eigenvalue weighted by atomic mass is 9.65. The van der Waals surface area contributed by atoms with Crippen molar-refractivity contribution in [2.45, 2.75) is 80.1 Å². The Bertz CT molecular complexity index is 426. The maximum atomic E-state index is 2.35. The van der Waals surface area contributed by atoms with Gasteiger partial charge in [0.05, 0.1) is 0 Å². The largest absolute Gasteiger partial charge is 0.197 e. The molecule has 0 amide bonds. The van der Waals surface area contributed by atoms with Crippen molar-refractivity contribution in [2.24, 2.45) is 10.8 Å². The third-order valence-electron chi connectivity index (χ3n) is 4.99. The van der Waals surface area contributed by atoms with Gasteiger partial charge in [-0.3, -0.25) is 0 Å². The Kier molecular flexibility index (Phi) is 6.63. The van der Waals surface area contributed by atoms with E-state index in [-0.39, 0.29) is 24.3 Å². The second-order valence-corrected chi connectivity index (χ2v) is 9.16. The molecule has 0 bridgehead atoms. The van der Waals surface area contributed by atoms with E-state index in [4.69, 9.17) is 0 Å². The third kappa shape index (κ3) is 5.36. The second kappa shape index (κ2) is 6.77. The van der Waals surface area contributed by atoms with E-state index in [0.717, 1.165) is 0 Å². The van der Waals surface area contributed by atoms with Crippen LogP contribution in [0.3, 0.4) is 0 Å². The van der Waals surface area contributed by atoms with E-state index in [0.29, 0.717) is 11.3 Å². The van der Waals surface area contributed by atoms with Crippen LogP contribution in [0, 0.1) is 10.8 Å². The zero-order valence-corrected chi connectivity index (χ0v) is 16.6. The van der Waals surface area contributed by atoms with E-state index < -0.39 is 0 Å². The molecule has 1 heteroatoms. The average molecular weight is 309 g/mol. The molecule has 0 aliphatic rings. The standard InChI is InChI=1S/C20H34.H2S/c1-15(14-18(2,3)4)16-10-12-17(13-11-16)20(8,9)19(5,6)7;/h10-13,15H,14H2,1-9H3;1H2.